The molecule has 0 atom stereocenters. The van der Waals surface area contributed by atoms with Gasteiger partial charge in [-0.3, -0.25) is 4.57 Å². The zero-order chi connectivity index (χ0) is 19.5. The van der Waals surface area contributed by atoms with Gasteiger partial charge in [-0.15, -0.1) is 0 Å². The molecule has 0 bridgehead atoms. The number of carbonyl (C=O) groups excluding carboxylic acids is 1. The van der Waals surface area contributed by atoms with Crippen molar-refractivity contribution >= 4 is 17.1 Å². The molecule has 0 radical (unpaired) electrons. The molecule has 7 nitrogen and oxygen atoms in total. The lowest BCUT2D eigenvalue weighted by molar-refractivity contribution is 0.242. The van der Waals surface area contributed by atoms with Gasteiger partial charge in [0.1, 0.15) is 6.33 Å². The van der Waals surface area contributed by atoms with Crippen LogP contribution in [0.25, 0.3) is 22.2 Å². The Hall–Kier alpha value is -3.74. The number of aromatic nitrogens is 4. The first kappa shape index (κ1) is 17.7. The van der Waals surface area contributed by atoms with Crippen LogP contribution in [-0.2, 0) is 13.5 Å². The topological polar surface area (TPSA) is 81.8 Å². The smallest absolute Gasteiger partial charge is 0.337 e. The Balaban J connectivity index is 1.64. The molecule has 0 aliphatic carbocycles. The van der Waals surface area contributed by atoms with Crippen LogP contribution in [0, 0.1) is 0 Å². The number of hydrogen-bond acceptors (Lipinski definition) is 4. The van der Waals surface area contributed by atoms with Gasteiger partial charge in [0.05, 0.1) is 11.0 Å². The number of nitrogens with zero attached hydrogens (tertiary/aromatic N) is 4. The highest BCUT2D eigenvalue weighted by Crippen LogP contribution is 2.22. The highest BCUT2D eigenvalue weighted by Gasteiger charge is 2.17. The molecule has 0 aliphatic rings. The van der Waals surface area contributed by atoms with Crippen LogP contribution in [0.3, 0.4) is 0 Å². The highest BCUT2D eigenvalue weighted by atomic mass is 16.2. The van der Waals surface area contributed by atoms with Crippen LogP contribution >= 0.6 is 0 Å². The van der Waals surface area contributed by atoms with Crippen molar-refractivity contribution in [3.63, 3.8) is 0 Å². The second-order valence-corrected chi connectivity index (χ2v) is 6.48. The van der Waals surface area contributed by atoms with E-state index in [-0.39, 0.29) is 5.69 Å². The monoisotopic (exact) mass is 373 g/mol. The number of amides is 1. The molecule has 1 amide bonds. The molecular formula is C21H19N5O2. The zero-order valence-electron chi connectivity index (χ0n) is 15.4. The second-order valence-electron chi connectivity index (χ2n) is 6.48. The minimum absolute atomic E-state index is 0.381. The van der Waals surface area contributed by atoms with Gasteiger partial charge < -0.3 is 5.32 Å². The molecule has 0 aliphatic heterocycles. The van der Waals surface area contributed by atoms with Gasteiger partial charge in [0.2, 0.25) is 0 Å². The predicted molar refractivity (Wildman–Crippen MR) is 107 cm³/mol. The van der Waals surface area contributed by atoms with Gasteiger partial charge in [0.25, 0.3) is 0 Å². The zero-order valence-corrected chi connectivity index (χ0v) is 15.4. The fourth-order valence-corrected chi connectivity index (χ4v) is 3.20. The first-order valence-electron chi connectivity index (χ1n) is 8.94. The molecule has 4 rings (SSSR count). The first-order chi connectivity index (χ1) is 13.6. The molecular weight excluding hydrogens is 354 g/mol. The Kier molecular flexibility index (Phi) is 4.72. The fraction of sp³-hybridized carbons (Fsp3) is 0.143. The molecule has 2 heterocycles. The minimum atomic E-state index is -0.437. The number of carbonyl (C=O) groups is 1. The molecule has 1 N–H and O–H groups in total. The van der Waals surface area contributed by atoms with Gasteiger partial charge in [-0.05, 0) is 29.7 Å². The van der Waals surface area contributed by atoms with Gasteiger partial charge in [0.15, 0.2) is 0 Å². The van der Waals surface area contributed by atoms with Crippen LogP contribution in [-0.4, -0.2) is 31.7 Å². The summed E-state index contributed by atoms with van der Waals surface area (Å²) in [5.74, 6) is 0. The van der Waals surface area contributed by atoms with Crippen molar-refractivity contribution in [3.8, 4) is 11.1 Å². The number of hydrogen-bond donors (Lipinski definition) is 1. The quantitative estimate of drug-likeness (QED) is 0.596. The standard InChI is InChI=1S/C21H19N5O2/c1-25-18-8-7-16(17-12-22-14-23-13-17)11-19(18)26(21(25)28)20(27)24-10-9-15-5-3-2-4-6-15/h2-8,11-14H,9-10H2,1H3,(H,24,27). The molecule has 0 saturated carbocycles. The summed E-state index contributed by atoms with van der Waals surface area (Å²) in [5, 5.41) is 2.84. The third-order valence-electron chi connectivity index (χ3n) is 4.69. The fourth-order valence-electron chi connectivity index (χ4n) is 3.20. The van der Waals surface area contributed by atoms with E-state index in [2.05, 4.69) is 15.3 Å². The maximum Gasteiger partial charge on any atom is 0.337 e. The van der Waals surface area contributed by atoms with E-state index in [1.165, 1.54) is 15.5 Å². The Morgan fingerprint density at radius 1 is 1.00 bits per heavy atom. The molecule has 0 saturated heterocycles. The van der Waals surface area contributed by atoms with E-state index in [0.717, 1.165) is 16.7 Å². The normalized spacial score (nSPS) is 10.9. The number of aryl methyl sites for hydroxylation is 1. The molecule has 28 heavy (non-hydrogen) atoms. The summed E-state index contributed by atoms with van der Waals surface area (Å²) >= 11 is 0. The van der Waals surface area contributed by atoms with Crippen LogP contribution < -0.4 is 11.0 Å². The third kappa shape index (κ3) is 3.29. The largest absolute Gasteiger partial charge is 0.337 e. The van der Waals surface area contributed by atoms with Gasteiger partial charge >= 0.3 is 11.7 Å². The molecule has 0 fully saturated rings. The van der Waals surface area contributed by atoms with Crippen LogP contribution in [0.4, 0.5) is 4.79 Å². The lowest BCUT2D eigenvalue weighted by Crippen LogP contribution is -2.37. The summed E-state index contributed by atoms with van der Waals surface area (Å²) in [7, 11) is 1.66. The number of nitrogens with one attached hydrogen (secondary N) is 1. The average Bonchev–Trinajstić information content (AvgIpc) is 2.99. The van der Waals surface area contributed by atoms with E-state index in [1.807, 2.05) is 48.5 Å². The van der Waals surface area contributed by atoms with E-state index in [1.54, 1.807) is 19.4 Å². The number of rotatable bonds is 4. The summed E-state index contributed by atoms with van der Waals surface area (Å²) in [4.78, 5) is 33.4. The Labute approximate surface area is 161 Å². The Morgan fingerprint density at radius 3 is 2.50 bits per heavy atom. The van der Waals surface area contributed by atoms with E-state index in [0.29, 0.717) is 24.0 Å². The molecule has 4 aromatic rings. The predicted octanol–water partition coefficient (Wildman–Crippen LogP) is 2.60. The van der Waals surface area contributed by atoms with Crippen molar-refractivity contribution in [2.24, 2.45) is 7.05 Å². The van der Waals surface area contributed by atoms with Crippen molar-refractivity contribution in [1.82, 2.24) is 24.4 Å². The average molecular weight is 373 g/mol. The Morgan fingerprint density at radius 2 is 1.75 bits per heavy atom. The number of imidazole rings is 1. The van der Waals surface area contributed by atoms with Crippen molar-refractivity contribution in [3.05, 3.63) is 83.3 Å². The summed E-state index contributed by atoms with van der Waals surface area (Å²) < 4.78 is 2.64. The molecule has 0 unspecified atom stereocenters. The maximum absolute atomic E-state index is 12.7. The van der Waals surface area contributed by atoms with Gasteiger partial charge in [0, 0.05) is 31.5 Å². The summed E-state index contributed by atoms with van der Waals surface area (Å²) in [6.07, 6.45) is 5.54. The van der Waals surface area contributed by atoms with Crippen LogP contribution in [0.1, 0.15) is 5.56 Å². The van der Waals surface area contributed by atoms with Crippen molar-refractivity contribution < 1.29 is 4.79 Å². The van der Waals surface area contributed by atoms with E-state index in [9.17, 15) is 9.59 Å². The van der Waals surface area contributed by atoms with Crippen molar-refractivity contribution in [2.75, 3.05) is 6.54 Å². The third-order valence-corrected chi connectivity index (χ3v) is 4.69. The summed E-state index contributed by atoms with van der Waals surface area (Å²) in [6, 6.07) is 15.0. The lowest BCUT2D eigenvalue weighted by atomic mass is 10.1. The lowest BCUT2D eigenvalue weighted by Gasteiger charge is -2.07. The Bertz CT molecular complexity index is 1180. The first-order valence-corrected chi connectivity index (χ1v) is 8.94. The van der Waals surface area contributed by atoms with Crippen molar-refractivity contribution in [2.45, 2.75) is 6.42 Å². The SMILES string of the molecule is Cn1c(=O)n(C(=O)NCCc2ccccc2)c2cc(-c3cncnc3)ccc21. The molecule has 7 heteroatoms. The summed E-state index contributed by atoms with van der Waals surface area (Å²) in [6.45, 7) is 0.442. The highest BCUT2D eigenvalue weighted by molar-refractivity contribution is 5.91. The van der Waals surface area contributed by atoms with Crippen LogP contribution in [0.2, 0.25) is 0 Å². The van der Waals surface area contributed by atoms with E-state index < -0.39 is 6.03 Å². The molecule has 0 spiro atoms. The minimum Gasteiger partial charge on any atom is -0.337 e. The summed E-state index contributed by atoms with van der Waals surface area (Å²) in [5.41, 5.74) is 3.63. The van der Waals surface area contributed by atoms with E-state index in [4.69, 9.17) is 0 Å². The molecule has 140 valence electrons. The van der Waals surface area contributed by atoms with Crippen LogP contribution in [0.15, 0.2) is 72.0 Å². The van der Waals surface area contributed by atoms with Crippen molar-refractivity contribution in [1.29, 1.82) is 0 Å². The van der Waals surface area contributed by atoms with Crippen LogP contribution in [0.5, 0.6) is 0 Å². The second kappa shape index (κ2) is 7.48. The molecule has 2 aromatic carbocycles. The van der Waals surface area contributed by atoms with Gasteiger partial charge in [-0.25, -0.2) is 24.1 Å². The van der Waals surface area contributed by atoms with Gasteiger partial charge in [-0.1, -0.05) is 36.4 Å². The van der Waals surface area contributed by atoms with Gasteiger partial charge in [-0.2, -0.15) is 0 Å². The maximum atomic E-state index is 12.7. The molecule has 2 aromatic heterocycles. The number of fused-ring (bicyclic) bond motifs is 1. The van der Waals surface area contributed by atoms with E-state index >= 15 is 0 Å². The number of benzene rings is 2.